The third-order valence-corrected chi connectivity index (χ3v) is 1.75. The second-order valence-electron chi connectivity index (χ2n) is 2.59. The first-order valence-electron chi connectivity index (χ1n) is 3.95. The highest BCUT2D eigenvalue weighted by molar-refractivity contribution is 5.75. The Morgan fingerprint density at radius 3 is 2.27 bits per heavy atom. The highest BCUT2D eigenvalue weighted by Crippen LogP contribution is 2.11. The first-order valence-corrected chi connectivity index (χ1v) is 3.95. The maximum atomic E-state index is 10.4. The fraction of sp³-hybridized carbons (Fsp3) is 0.875. The topological polar surface area (TPSA) is 37.3 Å². The third kappa shape index (κ3) is 6.63. The summed E-state index contributed by atoms with van der Waals surface area (Å²) in [6.45, 7) is 4.00. The second-order valence-corrected chi connectivity index (χ2v) is 2.59. The van der Waals surface area contributed by atoms with Crippen molar-refractivity contribution in [3.05, 3.63) is 0 Å². The van der Waals surface area contributed by atoms with E-state index in [9.17, 15) is 4.79 Å². The van der Waals surface area contributed by atoms with Crippen LogP contribution in [0.5, 0.6) is 0 Å². The molecule has 0 aromatic carbocycles. The average molecular weight is 169 g/mol. The lowest BCUT2D eigenvalue weighted by molar-refractivity contribution is -0.142. The summed E-state index contributed by atoms with van der Waals surface area (Å²) in [5.74, 6) is -0.754. The summed E-state index contributed by atoms with van der Waals surface area (Å²) < 4.78 is 0. The van der Waals surface area contributed by atoms with E-state index in [4.69, 9.17) is 5.11 Å². The molecule has 0 aliphatic carbocycles. The molecule has 0 saturated heterocycles. The molecule has 1 atom stereocenters. The van der Waals surface area contributed by atoms with Crippen molar-refractivity contribution >= 4 is 29.0 Å². The number of hydrogen-bond acceptors (Lipinski definition) is 1. The maximum absolute atomic E-state index is 10.4. The van der Waals surface area contributed by atoms with Gasteiger partial charge in [0.05, 0.1) is 5.92 Å². The van der Waals surface area contributed by atoms with E-state index in [0.29, 0.717) is 0 Å². The van der Waals surface area contributed by atoms with Gasteiger partial charge in [0, 0.05) is 23.1 Å². The lowest BCUT2D eigenvalue weighted by atomic mass is 10.00. The SMILES string of the molecule is CCCCC(CC)C(=O)O.[Mg]. The van der Waals surface area contributed by atoms with Crippen LogP contribution in [0.2, 0.25) is 0 Å². The zero-order chi connectivity index (χ0) is 7.98. The summed E-state index contributed by atoms with van der Waals surface area (Å²) in [5.41, 5.74) is 0. The van der Waals surface area contributed by atoms with E-state index < -0.39 is 5.97 Å². The van der Waals surface area contributed by atoms with Crippen LogP contribution in [-0.4, -0.2) is 34.1 Å². The van der Waals surface area contributed by atoms with Crippen LogP contribution < -0.4 is 0 Å². The normalized spacial score (nSPS) is 11.8. The molecule has 3 heteroatoms. The molecule has 1 N–H and O–H groups in total. The van der Waals surface area contributed by atoms with E-state index in [1.807, 2.05) is 6.92 Å². The van der Waals surface area contributed by atoms with Gasteiger partial charge in [-0.05, 0) is 12.8 Å². The standard InChI is InChI=1S/C8H16O2.Mg/c1-3-5-6-7(4-2)8(9)10;/h7H,3-6H2,1-2H3,(H,9,10);. The molecule has 0 fully saturated rings. The molecular formula is C8H16MgO2. The summed E-state index contributed by atoms with van der Waals surface area (Å²) in [4.78, 5) is 10.4. The molecule has 0 rings (SSSR count). The molecule has 0 aromatic rings. The summed E-state index contributed by atoms with van der Waals surface area (Å²) in [7, 11) is 0. The van der Waals surface area contributed by atoms with Crippen molar-refractivity contribution in [3.63, 3.8) is 0 Å². The van der Waals surface area contributed by atoms with Crippen LogP contribution in [-0.2, 0) is 4.79 Å². The minimum absolute atomic E-state index is 0. The van der Waals surface area contributed by atoms with E-state index in [1.165, 1.54) is 0 Å². The summed E-state index contributed by atoms with van der Waals surface area (Å²) in [6, 6.07) is 0. The number of aliphatic carboxylic acids is 1. The van der Waals surface area contributed by atoms with Gasteiger partial charge in [-0.2, -0.15) is 0 Å². The molecule has 0 bridgehead atoms. The number of unbranched alkanes of at least 4 members (excludes halogenated alkanes) is 1. The zero-order valence-electron chi connectivity index (χ0n) is 7.47. The number of carboxylic acids is 1. The number of rotatable bonds is 5. The summed E-state index contributed by atoms with van der Waals surface area (Å²) >= 11 is 0. The minimum atomic E-state index is -0.643. The molecule has 0 aliphatic rings. The van der Waals surface area contributed by atoms with Gasteiger partial charge in [0.15, 0.2) is 0 Å². The summed E-state index contributed by atoms with van der Waals surface area (Å²) in [6.07, 6.45) is 3.71. The van der Waals surface area contributed by atoms with Crippen molar-refractivity contribution < 1.29 is 9.90 Å². The molecule has 0 aliphatic heterocycles. The van der Waals surface area contributed by atoms with Gasteiger partial charge in [-0.1, -0.05) is 26.7 Å². The largest absolute Gasteiger partial charge is 0.481 e. The Balaban J connectivity index is 0. The molecule has 0 saturated carbocycles. The molecule has 11 heavy (non-hydrogen) atoms. The van der Waals surface area contributed by atoms with Crippen LogP contribution >= 0.6 is 0 Å². The van der Waals surface area contributed by atoms with Gasteiger partial charge < -0.3 is 5.11 Å². The Kier molecular flexibility index (Phi) is 10.5. The molecule has 2 nitrogen and oxygen atoms in total. The Labute approximate surface area is 84.5 Å². The van der Waals surface area contributed by atoms with Crippen molar-refractivity contribution in [1.29, 1.82) is 0 Å². The Hall–Kier alpha value is 0.236. The quantitative estimate of drug-likeness (QED) is 0.637. The minimum Gasteiger partial charge on any atom is -0.481 e. The van der Waals surface area contributed by atoms with Crippen LogP contribution in [0, 0.1) is 5.92 Å². The van der Waals surface area contributed by atoms with Crippen LogP contribution in [0.3, 0.4) is 0 Å². The van der Waals surface area contributed by atoms with E-state index in [2.05, 4.69) is 6.92 Å². The highest BCUT2D eigenvalue weighted by Gasteiger charge is 2.12. The Morgan fingerprint density at radius 2 is 2.00 bits per heavy atom. The van der Waals surface area contributed by atoms with Crippen LogP contribution in [0.15, 0.2) is 0 Å². The lowest BCUT2D eigenvalue weighted by Crippen LogP contribution is -2.11. The molecule has 0 spiro atoms. The van der Waals surface area contributed by atoms with Crippen molar-refractivity contribution in [2.45, 2.75) is 39.5 Å². The van der Waals surface area contributed by atoms with E-state index in [1.54, 1.807) is 0 Å². The predicted octanol–water partition coefficient (Wildman–Crippen LogP) is 1.91. The highest BCUT2D eigenvalue weighted by atomic mass is 24.3. The monoisotopic (exact) mass is 168 g/mol. The van der Waals surface area contributed by atoms with Gasteiger partial charge in [-0.25, -0.2) is 0 Å². The zero-order valence-corrected chi connectivity index (χ0v) is 8.88. The predicted molar refractivity (Wildman–Crippen MR) is 46.7 cm³/mol. The third-order valence-electron chi connectivity index (χ3n) is 1.75. The lowest BCUT2D eigenvalue weighted by Gasteiger charge is -2.06. The molecule has 1 unspecified atom stereocenters. The van der Waals surface area contributed by atoms with Crippen molar-refractivity contribution in [2.75, 3.05) is 0 Å². The van der Waals surface area contributed by atoms with E-state index in [-0.39, 0.29) is 29.0 Å². The van der Waals surface area contributed by atoms with E-state index in [0.717, 1.165) is 25.7 Å². The van der Waals surface area contributed by atoms with Crippen molar-refractivity contribution in [3.8, 4) is 0 Å². The Morgan fingerprint density at radius 1 is 1.45 bits per heavy atom. The van der Waals surface area contributed by atoms with Gasteiger partial charge in [0.25, 0.3) is 0 Å². The maximum Gasteiger partial charge on any atom is 0.306 e. The van der Waals surface area contributed by atoms with Crippen LogP contribution in [0.25, 0.3) is 0 Å². The first kappa shape index (κ1) is 13.8. The van der Waals surface area contributed by atoms with Gasteiger partial charge in [-0.15, -0.1) is 0 Å². The summed E-state index contributed by atoms with van der Waals surface area (Å²) in [5, 5.41) is 8.60. The smallest absolute Gasteiger partial charge is 0.306 e. The first-order chi connectivity index (χ1) is 4.72. The Bertz CT molecular complexity index is 104. The molecule has 2 radical (unpaired) electrons. The molecule has 0 heterocycles. The number of carboxylic acid groups (broad SMARTS) is 1. The molecule has 0 aromatic heterocycles. The average Bonchev–Trinajstić information content (AvgIpc) is 1.89. The van der Waals surface area contributed by atoms with Crippen molar-refractivity contribution in [2.24, 2.45) is 5.92 Å². The number of hydrogen-bond donors (Lipinski definition) is 1. The fourth-order valence-electron chi connectivity index (χ4n) is 0.953. The van der Waals surface area contributed by atoms with Crippen LogP contribution in [0.1, 0.15) is 39.5 Å². The molecule has 62 valence electrons. The molecule has 0 amide bonds. The fourth-order valence-corrected chi connectivity index (χ4v) is 0.953. The second kappa shape index (κ2) is 8.33. The van der Waals surface area contributed by atoms with Crippen molar-refractivity contribution in [1.82, 2.24) is 0 Å². The van der Waals surface area contributed by atoms with Gasteiger partial charge >= 0.3 is 5.97 Å². The van der Waals surface area contributed by atoms with Gasteiger partial charge in [-0.3, -0.25) is 4.79 Å². The van der Waals surface area contributed by atoms with Gasteiger partial charge in [0.2, 0.25) is 0 Å². The van der Waals surface area contributed by atoms with Crippen LogP contribution in [0.4, 0.5) is 0 Å². The van der Waals surface area contributed by atoms with E-state index >= 15 is 0 Å². The molecular weight excluding hydrogens is 152 g/mol. The number of carbonyl (C=O) groups is 1. The van der Waals surface area contributed by atoms with Gasteiger partial charge in [0.1, 0.15) is 0 Å².